The van der Waals surface area contributed by atoms with E-state index in [9.17, 15) is 14.7 Å². The maximum absolute atomic E-state index is 11.7. The van der Waals surface area contributed by atoms with Crippen LogP contribution in [-0.4, -0.2) is 22.5 Å². The molecule has 0 aliphatic heterocycles. The summed E-state index contributed by atoms with van der Waals surface area (Å²) >= 11 is 3.29. The minimum Gasteiger partial charge on any atom is -0.480 e. The number of nitrogens with two attached hydrogens (primary N) is 1. The Hall–Kier alpha value is -1.56. The second kappa shape index (κ2) is 6.05. The van der Waals surface area contributed by atoms with Crippen LogP contribution in [0.3, 0.4) is 0 Å². The molecular weight excluding hydrogens is 336 g/mol. The second-order valence-electron chi connectivity index (χ2n) is 5.75. The number of halogens is 1. The fourth-order valence-corrected chi connectivity index (χ4v) is 3.10. The van der Waals surface area contributed by atoms with E-state index in [4.69, 9.17) is 5.73 Å². The fraction of sp³-hybridized carbons (Fsp3) is 0.467. The number of hydrogen-bond acceptors (Lipinski definition) is 3. The first-order chi connectivity index (χ1) is 9.84. The van der Waals surface area contributed by atoms with Crippen molar-refractivity contribution in [3.05, 3.63) is 28.2 Å². The summed E-state index contributed by atoms with van der Waals surface area (Å²) in [6, 6.07) is 5.05. The van der Waals surface area contributed by atoms with Gasteiger partial charge in [-0.05, 0) is 49.8 Å². The summed E-state index contributed by atoms with van der Waals surface area (Å²) in [5.41, 5.74) is 5.13. The van der Waals surface area contributed by atoms with Gasteiger partial charge in [0.15, 0.2) is 0 Å². The summed E-state index contributed by atoms with van der Waals surface area (Å²) < 4.78 is 0.725. The Balaban J connectivity index is 2.34. The van der Waals surface area contributed by atoms with Crippen molar-refractivity contribution < 1.29 is 14.7 Å². The van der Waals surface area contributed by atoms with Gasteiger partial charge in [-0.1, -0.05) is 22.9 Å². The predicted molar refractivity (Wildman–Crippen MR) is 84.3 cm³/mol. The van der Waals surface area contributed by atoms with Crippen molar-refractivity contribution >= 4 is 33.5 Å². The van der Waals surface area contributed by atoms with Gasteiger partial charge in [0.1, 0.15) is 5.54 Å². The Morgan fingerprint density at radius 2 is 2.00 bits per heavy atom. The lowest BCUT2D eigenvalue weighted by Gasteiger charge is -2.37. The molecule has 0 aromatic heterocycles. The molecule has 0 heterocycles. The molecule has 2 rings (SSSR count). The van der Waals surface area contributed by atoms with E-state index in [1.807, 2.05) is 0 Å². The van der Waals surface area contributed by atoms with E-state index in [0.29, 0.717) is 30.0 Å². The molecule has 6 heteroatoms. The largest absolute Gasteiger partial charge is 0.480 e. The third kappa shape index (κ3) is 3.37. The molecule has 1 aromatic rings. The number of benzene rings is 1. The zero-order valence-electron chi connectivity index (χ0n) is 11.9. The summed E-state index contributed by atoms with van der Waals surface area (Å²) in [6.45, 7) is 2.13. The van der Waals surface area contributed by atoms with E-state index < -0.39 is 17.4 Å². The van der Waals surface area contributed by atoms with Gasteiger partial charge in [0.2, 0.25) is 0 Å². The number of nitrogens with one attached hydrogen (secondary N) is 1. The van der Waals surface area contributed by atoms with Gasteiger partial charge in [0, 0.05) is 10.2 Å². The van der Waals surface area contributed by atoms with Crippen molar-refractivity contribution in [2.45, 2.75) is 38.1 Å². The van der Waals surface area contributed by atoms with Crippen LogP contribution in [0.4, 0.5) is 5.69 Å². The number of anilines is 1. The fourth-order valence-electron chi connectivity index (χ4n) is 2.73. The van der Waals surface area contributed by atoms with Crippen molar-refractivity contribution in [3.8, 4) is 0 Å². The van der Waals surface area contributed by atoms with Gasteiger partial charge in [-0.25, -0.2) is 4.79 Å². The van der Waals surface area contributed by atoms with Gasteiger partial charge in [0.25, 0.3) is 5.91 Å². The van der Waals surface area contributed by atoms with Crippen LogP contribution in [0.25, 0.3) is 0 Å². The smallest absolute Gasteiger partial charge is 0.329 e. The number of carbonyl (C=O) groups is 2. The molecule has 4 N–H and O–H groups in total. The Kier molecular flexibility index (Phi) is 4.56. The summed E-state index contributed by atoms with van der Waals surface area (Å²) in [7, 11) is 0. The molecule has 114 valence electrons. The van der Waals surface area contributed by atoms with Crippen molar-refractivity contribution in [2.24, 2.45) is 11.7 Å². The Morgan fingerprint density at radius 3 is 2.52 bits per heavy atom. The monoisotopic (exact) mass is 354 g/mol. The summed E-state index contributed by atoms with van der Waals surface area (Å²) in [6.07, 6.45) is 2.78. The SMILES string of the molecule is CC1CCC(Nc2ccc(Br)cc2C(N)=O)(C(=O)O)CC1. The second-order valence-corrected chi connectivity index (χ2v) is 6.66. The van der Waals surface area contributed by atoms with Gasteiger partial charge in [-0.3, -0.25) is 4.79 Å². The zero-order valence-corrected chi connectivity index (χ0v) is 13.4. The number of aliphatic carboxylic acids is 1. The van der Waals surface area contributed by atoms with Crippen molar-refractivity contribution in [1.29, 1.82) is 0 Å². The first-order valence-corrected chi connectivity index (χ1v) is 7.74. The van der Waals surface area contributed by atoms with Crippen LogP contribution in [-0.2, 0) is 4.79 Å². The molecule has 1 aliphatic carbocycles. The van der Waals surface area contributed by atoms with Gasteiger partial charge in [-0.2, -0.15) is 0 Å². The van der Waals surface area contributed by atoms with E-state index >= 15 is 0 Å². The van der Waals surface area contributed by atoms with E-state index in [2.05, 4.69) is 28.2 Å². The highest BCUT2D eigenvalue weighted by atomic mass is 79.9. The van der Waals surface area contributed by atoms with Crippen LogP contribution in [0.1, 0.15) is 43.0 Å². The van der Waals surface area contributed by atoms with Crippen molar-refractivity contribution in [2.75, 3.05) is 5.32 Å². The standard InChI is InChI=1S/C15H19BrN2O3/c1-9-4-6-15(7-5-9,14(20)21)18-12-3-2-10(16)8-11(12)13(17)19/h2-3,8-9,18H,4-7H2,1H3,(H2,17,19)(H,20,21). The summed E-state index contributed by atoms with van der Waals surface area (Å²) in [5, 5.41) is 12.7. The lowest BCUT2D eigenvalue weighted by atomic mass is 9.77. The van der Waals surface area contributed by atoms with E-state index in [-0.39, 0.29) is 0 Å². The minimum atomic E-state index is -1.02. The number of carboxylic acids is 1. The van der Waals surface area contributed by atoms with Gasteiger partial charge in [0.05, 0.1) is 5.56 Å². The normalized spacial score (nSPS) is 25.3. The summed E-state index contributed by atoms with van der Waals surface area (Å²) in [4.78, 5) is 23.3. The number of carbonyl (C=O) groups excluding carboxylic acids is 1. The Morgan fingerprint density at radius 1 is 1.38 bits per heavy atom. The van der Waals surface area contributed by atoms with Crippen LogP contribution < -0.4 is 11.1 Å². The number of rotatable bonds is 4. The topological polar surface area (TPSA) is 92.4 Å². The molecule has 0 unspecified atom stereocenters. The van der Waals surface area contributed by atoms with Crippen LogP contribution in [0.5, 0.6) is 0 Å². The highest BCUT2D eigenvalue weighted by Crippen LogP contribution is 2.36. The van der Waals surface area contributed by atoms with Gasteiger partial charge < -0.3 is 16.2 Å². The Bertz CT molecular complexity index is 566. The molecule has 1 aromatic carbocycles. The molecule has 5 nitrogen and oxygen atoms in total. The lowest BCUT2D eigenvalue weighted by Crippen LogP contribution is -2.49. The third-order valence-electron chi connectivity index (χ3n) is 4.16. The van der Waals surface area contributed by atoms with Crippen molar-refractivity contribution in [1.82, 2.24) is 0 Å². The quantitative estimate of drug-likeness (QED) is 0.774. The molecule has 1 saturated carbocycles. The molecule has 0 spiro atoms. The van der Waals surface area contributed by atoms with Crippen molar-refractivity contribution in [3.63, 3.8) is 0 Å². The molecule has 0 radical (unpaired) electrons. The average Bonchev–Trinajstić information content (AvgIpc) is 2.43. The predicted octanol–water partition coefficient (Wildman–Crippen LogP) is 2.99. The zero-order chi connectivity index (χ0) is 15.6. The molecule has 0 saturated heterocycles. The third-order valence-corrected chi connectivity index (χ3v) is 4.65. The van der Waals surface area contributed by atoms with Gasteiger partial charge >= 0.3 is 5.97 Å². The maximum atomic E-state index is 11.7. The number of amides is 1. The first-order valence-electron chi connectivity index (χ1n) is 6.95. The molecule has 1 amide bonds. The highest BCUT2D eigenvalue weighted by molar-refractivity contribution is 9.10. The van der Waals surface area contributed by atoms with Crippen LogP contribution in [0.2, 0.25) is 0 Å². The minimum absolute atomic E-state index is 0.295. The first kappa shape index (κ1) is 15.8. The summed E-state index contributed by atoms with van der Waals surface area (Å²) in [5.74, 6) is -0.934. The van der Waals surface area contributed by atoms with Gasteiger partial charge in [-0.15, -0.1) is 0 Å². The average molecular weight is 355 g/mol. The molecule has 1 fully saturated rings. The highest BCUT2D eigenvalue weighted by Gasteiger charge is 2.41. The van der Waals surface area contributed by atoms with E-state index in [1.165, 1.54) is 0 Å². The van der Waals surface area contributed by atoms with Crippen LogP contribution in [0, 0.1) is 5.92 Å². The Labute approximate surface area is 132 Å². The lowest BCUT2D eigenvalue weighted by molar-refractivity contribution is -0.143. The van der Waals surface area contributed by atoms with Crippen LogP contribution >= 0.6 is 15.9 Å². The number of hydrogen-bond donors (Lipinski definition) is 3. The molecular formula is C15H19BrN2O3. The number of carboxylic acid groups (broad SMARTS) is 1. The molecule has 0 atom stereocenters. The number of primary amides is 1. The maximum Gasteiger partial charge on any atom is 0.329 e. The molecule has 0 bridgehead atoms. The molecule has 21 heavy (non-hydrogen) atoms. The van der Waals surface area contributed by atoms with E-state index in [0.717, 1.165) is 17.3 Å². The van der Waals surface area contributed by atoms with E-state index in [1.54, 1.807) is 18.2 Å². The van der Waals surface area contributed by atoms with Crippen LogP contribution in [0.15, 0.2) is 22.7 Å². The molecule has 1 aliphatic rings.